The first kappa shape index (κ1) is 4.72. The lowest BCUT2D eigenvalue weighted by molar-refractivity contribution is 0.619. The fraction of sp³-hybridized carbons (Fsp3) is 0.750. The predicted octanol–water partition coefficient (Wildman–Crippen LogP) is 2.17. The van der Waals surface area contributed by atoms with Crippen LogP contribution in [-0.4, -0.2) is 9.52 Å². The summed E-state index contributed by atoms with van der Waals surface area (Å²) >= 11 is 0. The normalized spacial score (nSPS) is 45.3. The number of allylic oxidation sites excluding steroid dienone is 2. The van der Waals surface area contributed by atoms with Gasteiger partial charge in [0, 0.05) is 0 Å². The minimum absolute atomic E-state index is 1.11. The Morgan fingerprint density at radius 3 is 1.89 bits per heavy atom. The van der Waals surface area contributed by atoms with Crippen molar-refractivity contribution < 1.29 is 0 Å². The molecular weight excluding hydrogens is 124 g/mol. The van der Waals surface area contributed by atoms with Crippen LogP contribution in [0.1, 0.15) is 25.7 Å². The van der Waals surface area contributed by atoms with E-state index in [0.717, 1.165) is 11.1 Å². The molecule has 0 nitrogen and oxygen atoms in total. The average Bonchev–Trinajstić information content (AvgIpc) is 2.18. The summed E-state index contributed by atoms with van der Waals surface area (Å²) in [7, 11) is 1.32. The van der Waals surface area contributed by atoms with Crippen LogP contribution >= 0.6 is 0 Å². The van der Waals surface area contributed by atoms with Crippen LogP contribution < -0.4 is 0 Å². The maximum atomic E-state index is 1.91. The molecule has 0 saturated carbocycles. The van der Waals surface area contributed by atoms with Gasteiger partial charge in [0.05, 0.1) is 9.52 Å². The average molecular weight is 134 g/mol. The van der Waals surface area contributed by atoms with Crippen molar-refractivity contribution in [1.29, 1.82) is 0 Å². The van der Waals surface area contributed by atoms with Crippen molar-refractivity contribution >= 4 is 9.52 Å². The van der Waals surface area contributed by atoms with Gasteiger partial charge < -0.3 is 0 Å². The first-order valence-corrected chi connectivity index (χ1v) is 5.08. The predicted molar refractivity (Wildman–Crippen MR) is 38.7 cm³/mol. The Hall–Kier alpha value is -0.0431. The van der Waals surface area contributed by atoms with E-state index < -0.39 is 0 Å². The third-order valence-electron chi connectivity index (χ3n) is 3.06. The number of rotatable bonds is 0. The molecule has 2 radical (unpaired) electrons. The zero-order chi connectivity index (χ0) is 5.84. The van der Waals surface area contributed by atoms with E-state index in [1.54, 1.807) is 12.8 Å². The van der Waals surface area contributed by atoms with E-state index in [9.17, 15) is 0 Å². The summed E-state index contributed by atoms with van der Waals surface area (Å²) in [6.45, 7) is 0. The van der Waals surface area contributed by atoms with Crippen LogP contribution in [0, 0.1) is 0 Å². The second kappa shape index (κ2) is 1.34. The lowest BCUT2D eigenvalue weighted by atomic mass is 9.78. The maximum absolute atomic E-state index is 1.91. The van der Waals surface area contributed by atoms with Gasteiger partial charge in [-0.25, -0.2) is 0 Å². The highest BCUT2D eigenvalue weighted by Gasteiger charge is 2.42. The zero-order valence-corrected chi connectivity index (χ0v) is 6.48. The molecule has 2 bridgehead atoms. The van der Waals surface area contributed by atoms with Gasteiger partial charge >= 0.3 is 0 Å². The highest BCUT2D eigenvalue weighted by molar-refractivity contribution is 6.45. The van der Waals surface area contributed by atoms with E-state index in [4.69, 9.17) is 0 Å². The Bertz CT molecular complexity index is 173. The van der Waals surface area contributed by atoms with Crippen LogP contribution in [0.5, 0.6) is 0 Å². The molecule has 46 valence electrons. The van der Waals surface area contributed by atoms with Crippen molar-refractivity contribution in [1.82, 2.24) is 0 Å². The molecule has 1 heteroatoms. The number of hydrogen-bond donors (Lipinski definition) is 0. The Morgan fingerprint density at radius 1 is 1.00 bits per heavy atom. The molecular formula is C8H10Si. The Kier molecular flexibility index (Phi) is 0.703. The molecule has 3 aliphatic rings. The number of hydrogen-bond acceptors (Lipinski definition) is 0. The Morgan fingerprint density at radius 2 is 1.56 bits per heavy atom. The zero-order valence-electron chi connectivity index (χ0n) is 5.48. The van der Waals surface area contributed by atoms with Gasteiger partial charge in [-0.3, -0.25) is 0 Å². The van der Waals surface area contributed by atoms with Crippen molar-refractivity contribution in [2.45, 2.75) is 36.8 Å². The summed E-state index contributed by atoms with van der Waals surface area (Å²) in [5, 5.41) is 0. The van der Waals surface area contributed by atoms with Crippen LogP contribution in [0.2, 0.25) is 11.1 Å². The fourth-order valence-electron chi connectivity index (χ4n) is 2.50. The molecule has 2 heterocycles. The highest BCUT2D eigenvalue weighted by atomic mass is 28.2. The smallest absolute Gasteiger partial charge is 0.0555 e. The maximum Gasteiger partial charge on any atom is 0.0555 e. The van der Waals surface area contributed by atoms with E-state index in [0.29, 0.717) is 0 Å². The molecule has 0 aromatic heterocycles. The Labute approximate surface area is 58.2 Å². The van der Waals surface area contributed by atoms with Gasteiger partial charge in [-0.2, -0.15) is 0 Å². The molecule has 2 aliphatic heterocycles. The van der Waals surface area contributed by atoms with Crippen LogP contribution in [0.15, 0.2) is 11.1 Å². The lowest BCUT2D eigenvalue weighted by Gasteiger charge is -2.28. The van der Waals surface area contributed by atoms with Crippen LogP contribution in [0.4, 0.5) is 0 Å². The molecule has 2 unspecified atom stereocenters. The summed E-state index contributed by atoms with van der Waals surface area (Å²) in [4.78, 5) is 0. The first-order chi connectivity index (χ1) is 4.45. The molecule has 3 rings (SSSR count). The van der Waals surface area contributed by atoms with Crippen molar-refractivity contribution in [3.8, 4) is 0 Å². The monoisotopic (exact) mass is 134 g/mol. The summed E-state index contributed by atoms with van der Waals surface area (Å²) in [5.41, 5.74) is 6.03. The molecule has 9 heavy (non-hydrogen) atoms. The van der Waals surface area contributed by atoms with Gasteiger partial charge in [-0.15, -0.1) is 0 Å². The second-order valence-electron chi connectivity index (χ2n) is 3.40. The highest BCUT2D eigenvalue weighted by Crippen LogP contribution is 2.58. The lowest BCUT2D eigenvalue weighted by Crippen LogP contribution is -2.06. The second-order valence-corrected chi connectivity index (χ2v) is 5.13. The van der Waals surface area contributed by atoms with Gasteiger partial charge in [-0.1, -0.05) is 11.1 Å². The molecule has 1 aliphatic carbocycles. The minimum atomic E-state index is 1.11. The van der Waals surface area contributed by atoms with Gasteiger partial charge in [0.2, 0.25) is 0 Å². The Balaban J connectivity index is 2.12. The van der Waals surface area contributed by atoms with E-state index in [1.807, 2.05) is 11.1 Å². The first-order valence-electron chi connectivity index (χ1n) is 3.93. The summed E-state index contributed by atoms with van der Waals surface area (Å²) < 4.78 is 0. The van der Waals surface area contributed by atoms with Crippen molar-refractivity contribution in [3.63, 3.8) is 0 Å². The quantitative estimate of drug-likeness (QED) is 0.352. The standard InChI is InChI=1S/C8H10Si/c1-2-6-5(1)7-3-4-8(6)9-7/h7-8H,1-4H2. The summed E-state index contributed by atoms with van der Waals surface area (Å²) in [5.74, 6) is 0. The van der Waals surface area contributed by atoms with Crippen molar-refractivity contribution in [2.24, 2.45) is 0 Å². The topological polar surface area (TPSA) is 0 Å². The molecule has 1 saturated heterocycles. The minimum Gasteiger partial charge on any atom is -0.0707 e. The third kappa shape index (κ3) is 0.419. The summed E-state index contributed by atoms with van der Waals surface area (Å²) in [6, 6.07) is 0. The molecule has 1 fully saturated rings. The van der Waals surface area contributed by atoms with E-state index in [1.165, 1.54) is 22.4 Å². The number of fused-ring (bicyclic) bond motifs is 4. The van der Waals surface area contributed by atoms with Gasteiger partial charge in [0.15, 0.2) is 0 Å². The molecule has 0 N–H and O–H groups in total. The van der Waals surface area contributed by atoms with Crippen molar-refractivity contribution in [3.05, 3.63) is 11.1 Å². The largest absolute Gasteiger partial charge is 0.0707 e. The van der Waals surface area contributed by atoms with E-state index in [-0.39, 0.29) is 0 Å². The fourth-order valence-corrected chi connectivity index (χ4v) is 4.72. The molecule has 0 aromatic rings. The van der Waals surface area contributed by atoms with Gasteiger partial charge in [-0.05, 0) is 36.8 Å². The van der Waals surface area contributed by atoms with Crippen LogP contribution in [0.3, 0.4) is 0 Å². The van der Waals surface area contributed by atoms with Gasteiger partial charge in [0.25, 0.3) is 0 Å². The van der Waals surface area contributed by atoms with E-state index in [2.05, 4.69) is 0 Å². The van der Waals surface area contributed by atoms with Crippen molar-refractivity contribution in [2.75, 3.05) is 0 Å². The van der Waals surface area contributed by atoms with Crippen LogP contribution in [0.25, 0.3) is 0 Å². The third-order valence-corrected chi connectivity index (χ3v) is 5.14. The van der Waals surface area contributed by atoms with Crippen LogP contribution in [-0.2, 0) is 0 Å². The summed E-state index contributed by atoms with van der Waals surface area (Å²) in [6.07, 6.45) is 6.04. The SMILES string of the molecule is C1CC2=C1C1CCC2[Si]1. The molecule has 0 spiro atoms. The van der Waals surface area contributed by atoms with Gasteiger partial charge in [0.1, 0.15) is 0 Å². The molecule has 2 atom stereocenters. The molecule has 0 amide bonds. The van der Waals surface area contributed by atoms with E-state index >= 15 is 0 Å². The molecule has 0 aromatic carbocycles.